The molecule has 2 heterocycles. The van der Waals surface area contributed by atoms with E-state index in [0.29, 0.717) is 23.2 Å². The van der Waals surface area contributed by atoms with E-state index >= 15 is 0 Å². The van der Waals surface area contributed by atoms with Crippen molar-refractivity contribution in [3.63, 3.8) is 0 Å². The van der Waals surface area contributed by atoms with E-state index in [-0.39, 0.29) is 11.9 Å². The minimum absolute atomic E-state index is 0.199. The lowest BCUT2D eigenvalue weighted by molar-refractivity contribution is -0.0741. The number of aliphatic hydroxyl groups is 1. The molecule has 1 N–H and O–H groups in total. The van der Waals surface area contributed by atoms with Gasteiger partial charge in [0.1, 0.15) is 5.69 Å². The van der Waals surface area contributed by atoms with Crippen LogP contribution in [0.1, 0.15) is 46.6 Å². The highest BCUT2D eigenvalue weighted by molar-refractivity contribution is 6.00. The summed E-state index contributed by atoms with van der Waals surface area (Å²) in [5.74, 6) is -0.199. The third-order valence-electron chi connectivity index (χ3n) is 4.99. The number of pyridine rings is 1. The normalized spacial score (nSPS) is 20.1. The highest BCUT2D eigenvalue weighted by Crippen LogP contribution is 2.46. The third kappa shape index (κ3) is 2.34. The first-order chi connectivity index (χ1) is 12.7. The van der Waals surface area contributed by atoms with Gasteiger partial charge in [0.2, 0.25) is 5.72 Å². The van der Waals surface area contributed by atoms with Crippen molar-refractivity contribution in [1.82, 2.24) is 9.88 Å². The zero-order valence-corrected chi connectivity index (χ0v) is 14.5. The highest BCUT2D eigenvalue weighted by Gasteiger charge is 2.53. The molecule has 3 aromatic rings. The molecule has 0 aliphatic carbocycles. The molecule has 1 aliphatic heterocycles. The van der Waals surface area contributed by atoms with Crippen LogP contribution in [0.25, 0.3) is 0 Å². The molecular formula is C22H20N2O2. The second kappa shape index (κ2) is 6.39. The van der Waals surface area contributed by atoms with Crippen LogP contribution in [-0.2, 0) is 5.72 Å². The summed E-state index contributed by atoms with van der Waals surface area (Å²) in [5, 5.41) is 11.9. The van der Waals surface area contributed by atoms with Gasteiger partial charge in [-0.15, -0.1) is 0 Å². The van der Waals surface area contributed by atoms with Gasteiger partial charge in [0, 0.05) is 11.8 Å². The Bertz CT molecular complexity index is 927. The number of aromatic nitrogens is 1. The maximum Gasteiger partial charge on any atom is 0.259 e. The van der Waals surface area contributed by atoms with Crippen LogP contribution in [-0.4, -0.2) is 20.9 Å². The molecule has 2 aromatic carbocycles. The summed E-state index contributed by atoms with van der Waals surface area (Å²) in [5.41, 5.74) is 0.885. The number of rotatable bonds is 4. The molecule has 4 rings (SSSR count). The van der Waals surface area contributed by atoms with E-state index in [0.717, 1.165) is 5.56 Å². The van der Waals surface area contributed by atoms with Crippen molar-refractivity contribution in [2.75, 3.05) is 0 Å². The van der Waals surface area contributed by atoms with Crippen molar-refractivity contribution >= 4 is 5.91 Å². The third-order valence-corrected chi connectivity index (χ3v) is 4.99. The Kier molecular flexibility index (Phi) is 4.05. The van der Waals surface area contributed by atoms with Crippen molar-refractivity contribution < 1.29 is 9.90 Å². The molecule has 0 bridgehead atoms. The predicted octanol–water partition coefficient (Wildman–Crippen LogP) is 3.88. The van der Waals surface area contributed by atoms with Crippen molar-refractivity contribution in [2.24, 2.45) is 0 Å². The number of nitrogens with zero attached hydrogens (tertiary/aromatic N) is 2. The Hall–Kier alpha value is -2.98. The highest BCUT2D eigenvalue weighted by atomic mass is 16.3. The Labute approximate surface area is 152 Å². The molecule has 26 heavy (non-hydrogen) atoms. The zero-order valence-electron chi connectivity index (χ0n) is 14.5. The number of hydrogen-bond donors (Lipinski definition) is 1. The summed E-state index contributed by atoms with van der Waals surface area (Å²) in [6.45, 7) is 2.02. The van der Waals surface area contributed by atoms with E-state index in [4.69, 9.17) is 0 Å². The number of fused-ring (bicyclic) bond motifs is 1. The average Bonchev–Trinajstić information content (AvgIpc) is 2.94. The fourth-order valence-electron chi connectivity index (χ4n) is 3.80. The molecule has 0 saturated heterocycles. The van der Waals surface area contributed by atoms with Crippen molar-refractivity contribution in [3.8, 4) is 0 Å². The topological polar surface area (TPSA) is 53.4 Å². The number of carbonyl (C=O) groups is 1. The first-order valence-electron chi connectivity index (χ1n) is 8.80. The smallest absolute Gasteiger partial charge is 0.259 e. The van der Waals surface area contributed by atoms with E-state index in [1.807, 2.05) is 67.6 Å². The van der Waals surface area contributed by atoms with E-state index in [1.165, 1.54) is 0 Å². The summed E-state index contributed by atoms with van der Waals surface area (Å²) in [7, 11) is 0. The Morgan fingerprint density at radius 3 is 2.31 bits per heavy atom. The van der Waals surface area contributed by atoms with E-state index in [1.54, 1.807) is 23.2 Å². The first-order valence-corrected chi connectivity index (χ1v) is 8.80. The lowest BCUT2D eigenvalue weighted by Gasteiger charge is -2.39. The SMILES string of the molecule is CCC(c1ccccc1)N1C(=O)c2cccnc2C1(O)c1ccccc1. The van der Waals surface area contributed by atoms with Gasteiger partial charge in [-0.3, -0.25) is 14.7 Å². The largest absolute Gasteiger partial charge is 0.362 e. The van der Waals surface area contributed by atoms with Crippen LogP contribution in [0.5, 0.6) is 0 Å². The number of hydrogen-bond acceptors (Lipinski definition) is 3. The van der Waals surface area contributed by atoms with Gasteiger partial charge in [0.25, 0.3) is 5.91 Å². The standard InChI is InChI=1S/C22H20N2O2/c1-2-19(16-10-5-3-6-11-16)24-21(25)18-14-9-15-23-20(18)22(24,26)17-12-7-4-8-13-17/h3-15,19,26H,2H2,1H3. The van der Waals surface area contributed by atoms with Crippen LogP contribution < -0.4 is 0 Å². The fourth-order valence-corrected chi connectivity index (χ4v) is 3.80. The summed E-state index contributed by atoms with van der Waals surface area (Å²) in [6, 6.07) is 22.3. The maximum absolute atomic E-state index is 13.3. The Morgan fingerprint density at radius 2 is 1.65 bits per heavy atom. The van der Waals surface area contributed by atoms with E-state index in [9.17, 15) is 9.90 Å². The second-order valence-corrected chi connectivity index (χ2v) is 6.45. The number of carbonyl (C=O) groups excluding carboxylic acids is 1. The molecule has 0 fully saturated rings. The van der Waals surface area contributed by atoms with Gasteiger partial charge in [0.15, 0.2) is 0 Å². The van der Waals surface area contributed by atoms with Crippen LogP contribution in [0.2, 0.25) is 0 Å². The van der Waals surface area contributed by atoms with E-state index < -0.39 is 5.72 Å². The molecule has 0 radical (unpaired) electrons. The zero-order chi connectivity index (χ0) is 18.1. The summed E-state index contributed by atoms with van der Waals surface area (Å²) in [4.78, 5) is 19.3. The van der Waals surface area contributed by atoms with Gasteiger partial charge in [-0.25, -0.2) is 0 Å². The molecule has 130 valence electrons. The minimum Gasteiger partial charge on any atom is -0.362 e. The molecule has 0 spiro atoms. The van der Waals surface area contributed by atoms with Gasteiger partial charge < -0.3 is 5.11 Å². The maximum atomic E-state index is 13.3. The van der Waals surface area contributed by atoms with Crippen molar-refractivity contribution in [1.29, 1.82) is 0 Å². The van der Waals surface area contributed by atoms with Crippen molar-refractivity contribution in [3.05, 3.63) is 101 Å². The lowest BCUT2D eigenvalue weighted by Crippen LogP contribution is -2.47. The molecule has 4 nitrogen and oxygen atoms in total. The van der Waals surface area contributed by atoms with Gasteiger partial charge in [-0.05, 0) is 24.1 Å². The molecule has 1 aliphatic rings. The summed E-state index contributed by atoms with van der Waals surface area (Å²) < 4.78 is 0. The Morgan fingerprint density at radius 1 is 1.00 bits per heavy atom. The Balaban J connectivity index is 1.94. The molecular weight excluding hydrogens is 324 g/mol. The van der Waals surface area contributed by atoms with Crippen LogP contribution >= 0.6 is 0 Å². The number of amides is 1. The van der Waals surface area contributed by atoms with Crippen LogP contribution in [0.4, 0.5) is 0 Å². The van der Waals surface area contributed by atoms with Crippen LogP contribution in [0, 0.1) is 0 Å². The van der Waals surface area contributed by atoms with Gasteiger partial charge >= 0.3 is 0 Å². The van der Waals surface area contributed by atoms with Crippen LogP contribution in [0.3, 0.4) is 0 Å². The van der Waals surface area contributed by atoms with Gasteiger partial charge in [-0.2, -0.15) is 0 Å². The minimum atomic E-state index is -1.59. The quantitative estimate of drug-likeness (QED) is 0.781. The van der Waals surface area contributed by atoms with E-state index in [2.05, 4.69) is 4.98 Å². The van der Waals surface area contributed by atoms with Gasteiger partial charge in [0.05, 0.1) is 11.6 Å². The molecule has 2 unspecified atom stereocenters. The monoisotopic (exact) mass is 344 g/mol. The van der Waals surface area contributed by atoms with Crippen molar-refractivity contribution in [2.45, 2.75) is 25.1 Å². The lowest BCUT2D eigenvalue weighted by atomic mass is 9.94. The molecule has 1 aromatic heterocycles. The molecule has 4 heteroatoms. The van der Waals surface area contributed by atoms with Gasteiger partial charge in [-0.1, -0.05) is 67.6 Å². The second-order valence-electron chi connectivity index (χ2n) is 6.45. The molecule has 1 amide bonds. The van der Waals surface area contributed by atoms with Crippen LogP contribution in [0.15, 0.2) is 79.0 Å². The first kappa shape index (κ1) is 16.5. The average molecular weight is 344 g/mol. The predicted molar refractivity (Wildman–Crippen MR) is 99.3 cm³/mol. The molecule has 2 atom stereocenters. The number of benzene rings is 2. The summed E-state index contributed by atoms with van der Waals surface area (Å²) in [6.07, 6.45) is 2.30. The fraction of sp³-hybridized carbons (Fsp3) is 0.182. The summed E-state index contributed by atoms with van der Waals surface area (Å²) >= 11 is 0. The molecule has 0 saturated carbocycles.